The minimum Gasteiger partial charge on any atom is -0.351 e. The van der Waals surface area contributed by atoms with Crippen LogP contribution in [-0.2, 0) is 19.5 Å². The number of nitrogens with zero attached hydrogens (tertiary/aromatic N) is 3. The summed E-state index contributed by atoms with van der Waals surface area (Å²) in [6.07, 6.45) is 6.84. The molecule has 0 radical (unpaired) electrons. The molecule has 0 bridgehead atoms. The Morgan fingerprint density at radius 1 is 1.35 bits per heavy atom. The molecule has 1 unspecified atom stereocenters. The summed E-state index contributed by atoms with van der Waals surface area (Å²) in [5, 5.41) is 4.52. The van der Waals surface area contributed by atoms with E-state index in [9.17, 15) is 0 Å². The van der Waals surface area contributed by atoms with Gasteiger partial charge in [0.15, 0.2) is 0 Å². The molecule has 0 spiro atoms. The summed E-state index contributed by atoms with van der Waals surface area (Å²) < 4.78 is 4.50. The Morgan fingerprint density at radius 3 is 2.95 bits per heavy atom. The average molecular weight is 272 g/mol. The summed E-state index contributed by atoms with van der Waals surface area (Å²) in [7, 11) is 0. The van der Waals surface area contributed by atoms with Crippen molar-refractivity contribution in [3.8, 4) is 0 Å². The summed E-state index contributed by atoms with van der Waals surface area (Å²) >= 11 is 0. The molecular weight excluding hydrogens is 248 g/mol. The van der Waals surface area contributed by atoms with Gasteiger partial charge < -0.3 is 10.3 Å². The van der Waals surface area contributed by atoms with Gasteiger partial charge in [0.1, 0.15) is 0 Å². The molecule has 4 nitrogen and oxygen atoms in total. The second-order valence-corrected chi connectivity index (χ2v) is 5.91. The average Bonchev–Trinajstić information content (AvgIpc) is 2.95. The molecule has 1 aliphatic carbocycles. The fourth-order valence-electron chi connectivity index (χ4n) is 3.29. The van der Waals surface area contributed by atoms with Gasteiger partial charge in [0, 0.05) is 36.7 Å². The second-order valence-electron chi connectivity index (χ2n) is 5.91. The van der Waals surface area contributed by atoms with Crippen LogP contribution in [0, 0.1) is 13.8 Å². The van der Waals surface area contributed by atoms with E-state index in [1.165, 1.54) is 29.8 Å². The van der Waals surface area contributed by atoms with E-state index >= 15 is 0 Å². The Bertz CT molecular complexity index is 594. The molecule has 3 rings (SSSR count). The van der Waals surface area contributed by atoms with Crippen molar-refractivity contribution in [2.45, 2.75) is 58.7 Å². The molecular formula is C16H24N4. The van der Waals surface area contributed by atoms with Crippen molar-refractivity contribution in [2.75, 3.05) is 0 Å². The minimum atomic E-state index is 0.246. The van der Waals surface area contributed by atoms with Crippen molar-refractivity contribution in [3.05, 3.63) is 41.0 Å². The van der Waals surface area contributed by atoms with Crippen LogP contribution < -0.4 is 5.73 Å². The van der Waals surface area contributed by atoms with Crippen LogP contribution in [-0.4, -0.2) is 14.3 Å². The summed E-state index contributed by atoms with van der Waals surface area (Å²) in [5.41, 5.74) is 11.3. The Labute approximate surface area is 120 Å². The van der Waals surface area contributed by atoms with Crippen molar-refractivity contribution in [1.82, 2.24) is 14.3 Å². The molecule has 2 aromatic heterocycles. The topological polar surface area (TPSA) is 48.8 Å². The summed E-state index contributed by atoms with van der Waals surface area (Å²) in [6.45, 7) is 6.21. The van der Waals surface area contributed by atoms with Gasteiger partial charge in [-0.25, -0.2) is 0 Å². The Balaban J connectivity index is 1.63. The van der Waals surface area contributed by atoms with E-state index in [0.29, 0.717) is 0 Å². The van der Waals surface area contributed by atoms with Crippen LogP contribution >= 0.6 is 0 Å². The zero-order valence-corrected chi connectivity index (χ0v) is 12.5. The van der Waals surface area contributed by atoms with Gasteiger partial charge in [-0.1, -0.05) is 0 Å². The second kappa shape index (κ2) is 5.44. The number of aromatic nitrogens is 3. The highest BCUT2D eigenvalue weighted by Gasteiger charge is 2.19. The van der Waals surface area contributed by atoms with Gasteiger partial charge in [-0.3, -0.25) is 4.68 Å². The highest BCUT2D eigenvalue weighted by atomic mass is 15.3. The first-order valence-electron chi connectivity index (χ1n) is 7.59. The number of aryl methyl sites for hydroxylation is 4. The van der Waals surface area contributed by atoms with E-state index in [2.05, 4.69) is 39.6 Å². The quantitative estimate of drug-likeness (QED) is 0.930. The summed E-state index contributed by atoms with van der Waals surface area (Å²) in [6, 6.07) is 4.59. The van der Waals surface area contributed by atoms with E-state index in [1.54, 1.807) is 0 Å². The van der Waals surface area contributed by atoms with Gasteiger partial charge >= 0.3 is 0 Å². The van der Waals surface area contributed by atoms with E-state index in [1.807, 2.05) is 6.92 Å². The zero-order chi connectivity index (χ0) is 14.1. The van der Waals surface area contributed by atoms with Gasteiger partial charge in [0.25, 0.3) is 0 Å². The van der Waals surface area contributed by atoms with Crippen molar-refractivity contribution in [3.63, 3.8) is 0 Å². The molecule has 2 heterocycles. The van der Waals surface area contributed by atoms with Crippen molar-refractivity contribution in [2.24, 2.45) is 5.73 Å². The van der Waals surface area contributed by atoms with E-state index in [0.717, 1.165) is 31.6 Å². The van der Waals surface area contributed by atoms with Crippen LogP contribution in [0.25, 0.3) is 0 Å². The van der Waals surface area contributed by atoms with Gasteiger partial charge in [-0.15, -0.1) is 0 Å². The van der Waals surface area contributed by atoms with Crippen LogP contribution in [0.15, 0.2) is 18.3 Å². The van der Waals surface area contributed by atoms with Crippen molar-refractivity contribution < 1.29 is 0 Å². The largest absolute Gasteiger partial charge is 0.351 e. The van der Waals surface area contributed by atoms with Crippen LogP contribution in [0.3, 0.4) is 0 Å². The Hall–Kier alpha value is -1.55. The third-order valence-electron chi connectivity index (χ3n) is 4.31. The lowest BCUT2D eigenvalue weighted by molar-refractivity contribution is 0.493. The zero-order valence-electron chi connectivity index (χ0n) is 12.5. The molecule has 0 aromatic carbocycles. The monoisotopic (exact) mass is 272 g/mol. The van der Waals surface area contributed by atoms with Gasteiger partial charge in [-0.2, -0.15) is 5.10 Å². The summed E-state index contributed by atoms with van der Waals surface area (Å²) in [4.78, 5) is 0. The predicted molar refractivity (Wildman–Crippen MR) is 80.6 cm³/mol. The highest BCUT2D eigenvalue weighted by Crippen LogP contribution is 2.28. The van der Waals surface area contributed by atoms with E-state index < -0.39 is 0 Å². The first-order valence-corrected chi connectivity index (χ1v) is 7.59. The van der Waals surface area contributed by atoms with Crippen LogP contribution in [0.2, 0.25) is 0 Å². The molecule has 0 fully saturated rings. The SMILES string of the molecule is Cc1cc(C)n(CCCn2ccc3c2CCCC3N)n1. The fraction of sp³-hybridized carbons (Fsp3) is 0.562. The Morgan fingerprint density at radius 2 is 2.20 bits per heavy atom. The van der Waals surface area contributed by atoms with Gasteiger partial charge in [0.2, 0.25) is 0 Å². The Kier molecular flexibility index (Phi) is 3.66. The number of nitrogens with two attached hydrogens (primary N) is 1. The highest BCUT2D eigenvalue weighted by molar-refractivity contribution is 5.28. The van der Waals surface area contributed by atoms with Crippen molar-refractivity contribution >= 4 is 0 Å². The maximum Gasteiger partial charge on any atom is 0.0596 e. The molecule has 2 N–H and O–H groups in total. The van der Waals surface area contributed by atoms with Crippen LogP contribution in [0.1, 0.15) is 47.9 Å². The molecule has 0 saturated carbocycles. The molecule has 1 atom stereocenters. The predicted octanol–water partition coefficient (Wildman–Crippen LogP) is 2.73. The molecule has 1 aliphatic rings. The lowest BCUT2D eigenvalue weighted by atomic mass is 9.94. The smallest absolute Gasteiger partial charge is 0.0596 e. The molecule has 2 aromatic rings. The molecule has 0 amide bonds. The van der Waals surface area contributed by atoms with Crippen LogP contribution in [0.5, 0.6) is 0 Å². The number of hydrogen-bond acceptors (Lipinski definition) is 2. The van der Waals surface area contributed by atoms with Crippen molar-refractivity contribution in [1.29, 1.82) is 0 Å². The first-order chi connectivity index (χ1) is 9.65. The number of fused-ring (bicyclic) bond motifs is 1. The standard InChI is InChI=1S/C16H24N4/c1-12-11-13(2)20(18-12)9-4-8-19-10-7-14-15(17)5-3-6-16(14)19/h7,10-11,15H,3-6,8-9,17H2,1-2H3. The van der Waals surface area contributed by atoms with Gasteiger partial charge in [-0.05, 0) is 57.2 Å². The maximum absolute atomic E-state index is 6.17. The fourth-order valence-corrected chi connectivity index (χ4v) is 3.29. The number of rotatable bonds is 4. The molecule has 20 heavy (non-hydrogen) atoms. The molecule has 0 saturated heterocycles. The first kappa shape index (κ1) is 13.4. The van der Waals surface area contributed by atoms with E-state index in [4.69, 9.17) is 5.73 Å². The molecule has 0 aliphatic heterocycles. The normalized spacial score (nSPS) is 18.2. The lowest BCUT2D eigenvalue weighted by Gasteiger charge is -2.21. The molecule has 108 valence electrons. The van der Waals surface area contributed by atoms with E-state index in [-0.39, 0.29) is 6.04 Å². The number of hydrogen-bond donors (Lipinski definition) is 1. The lowest BCUT2D eigenvalue weighted by Crippen LogP contribution is -2.18. The molecule has 4 heteroatoms. The van der Waals surface area contributed by atoms with Gasteiger partial charge in [0.05, 0.1) is 5.69 Å². The maximum atomic E-state index is 6.17. The third kappa shape index (κ3) is 2.52. The minimum absolute atomic E-state index is 0.246. The third-order valence-corrected chi connectivity index (χ3v) is 4.31. The summed E-state index contributed by atoms with van der Waals surface area (Å²) in [5.74, 6) is 0. The van der Waals surface area contributed by atoms with Crippen LogP contribution in [0.4, 0.5) is 0 Å².